The highest BCUT2D eigenvalue weighted by Crippen LogP contribution is 2.40. The zero-order valence-electron chi connectivity index (χ0n) is 14.0. The maximum absolute atomic E-state index is 12.6. The van der Waals surface area contributed by atoms with Crippen LogP contribution < -0.4 is 10.4 Å². The third-order valence-corrected chi connectivity index (χ3v) is 5.26. The Hall–Kier alpha value is -2.63. The van der Waals surface area contributed by atoms with Gasteiger partial charge in [-0.05, 0) is 37.0 Å². The lowest BCUT2D eigenvalue weighted by Gasteiger charge is -2.22. The molecule has 2 heterocycles. The van der Waals surface area contributed by atoms with Crippen LogP contribution in [0.5, 0.6) is 5.75 Å². The summed E-state index contributed by atoms with van der Waals surface area (Å²) in [5, 5.41) is 0. The van der Waals surface area contributed by atoms with Gasteiger partial charge in [-0.1, -0.05) is 18.2 Å². The molecule has 2 fully saturated rings. The summed E-state index contributed by atoms with van der Waals surface area (Å²) in [6.45, 7) is 1.51. The van der Waals surface area contributed by atoms with Crippen LogP contribution in [0.2, 0.25) is 0 Å². The summed E-state index contributed by atoms with van der Waals surface area (Å²) in [4.78, 5) is 29.8. The van der Waals surface area contributed by atoms with Crippen LogP contribution in [0.15, 0.2) is 53.6 Å². The lowest BCUT2D eigenvalue weighted by Crippen LogP contribution is -2.37. The number of aromatic nitrogens is 2. The Morgan fingerprint density at radius 3 is 2.80 bits per heavy atom. The maximum atomic E-state index is 12.6. The van der Waals surface area contributed by atoms with Crippen LogP contribution in [0.3, 0.4) is 0 Å². The molecule has 0 bridgehead atoms. The summed E-state index contributed by atoms with van der Waals surface area (Å²) in [6.07, 6.45) is 5.32. The van der Waals surface area contributed by atoms with Crippen LogP contribution in [-0.2, 0) is 11.3 Å². The Labute approximate surface area is 146 Å². The van der Waals surface area contributed by atoms with Crippen molar-refractivity contribution in [3.8, 4) is 5.75 Å². The van der Waals surface area contributed by atoms with Gasteiger partial charge in [-0.25, -0.2) is 9.78 Å². The normalized spacial score (nSPS) is 25.0. The fourth-order valence-corrected chi connectivity index (χ4v) is 3.99. The van der Waals surface area contributed by atoms with E-state index in [9.17, 15) is 9.59 Å². The molecule has 2 aliphatic rings. The van der Waals surface area contributed by atoms with Gasteiger partial charge in [0.05, 0.1) is 0 Å². The minimum Gasteiger partial charge on any atom is -0.490 e. The first kappa shape index (κ1) is 15.9. The van der Waals surface area contributed by atoms with Crippen LogP contribution in [0.4, 0.5) is 0 Å². The molecule has 0 N–H and O–H groups in total. The lowest BCUT2D eigenvalue weighted by molar-refractivity contribution is -0.131. The standard InChI is InChI=1S/C19H21N3O3/c23-18(13-21-10-4-9-20-19(21)24)22-11-14-7-8-17(16(14)12-22)25-15-5-2-1-3-6-15/h1-6,9-10,14,16-17H,7-8,11-13H2/t14-,16+,17-/m0/s1. The third kappa shape index (κ3) is 3.29. The molecule has 3 atom stereocenters. The van der Waals surface area contributed by atoms with Gasteiger partial charge < -0.3 is 9.64 Å². The Balaban J connectivity index is 1.40. The Morgan fingerprint density at radius 1 is 1.16 bits per heavy atom. The van der Waals surface area contributed by atoms with E-state index in [1.165, 1.54) is 10.8 Å². The molecule has 1 amide bonds. The number of likely N-dealkylation sites (tertiary alicyclic amines) is 1. The van der Waals surface area contributed by atoms with Crippen LogP contribution in [0.1, 0.15) is 12.8 Å². The summed E-state index contributed by atoms with van der Waals surface area (Å²) in [5.41, 5.74) is -0.388. The summed E-state index contributed by atoms with van der Waals surface area (Å²) in [6, 6.07) is 11.5. The van der Waals surface area contributed by atoms with Gasteiger partial charge in [-0.15, -0.1) is 0 Å². The predicted molar refractivity (Wildman–Crippen MR) is 92.1 cm³/mol. The lowest BCUT2D eigenvalue weighted by atomic mass is 9.99. The minimum atomic E-state index is -0.388. The van der Waals surface area contributed by atoms with Gasteiger partial charge in [0.1, 0.15) is 18.4 Å². The fraction of sp³-hybridized carbons (Fsp3) is 0.421. The highest BCUT2D eigenvalue weighted by atomic mass is 16.5. The van der Waals surface area contributed by atoms with Crippen molar-refractivity contribution in [2.75, 3.05) is 13.1 Å². The average Bonchev–Trinajstić information content (AvgIpc) is 3.20. The number of carbonyl (C=O) groups is 1. The maximum Gasteiger partial charge on any atom is 0.347 e. The van der Waals surface area contributed by atoms with Crippen molar-refractivity contribution in [3.05, 3.63) is 59.3 Å². The van der Waals surface area contributed by atoms with Crippen LogP contribution >= 0.6 is 0 Å². The molecule has 6 nitrogen and oxygen atoms in total. The average molecular weight is 339 g/mol. The summed E-state index contributed by atoms with van der Waals surface area (Å²) in [5.74, 6) is 1.72. The van der Waals surface area contributed by atoms with Crippen molar-refractivity contribution in [3.63, 3.8) is 0 Å². The first-order valence-corrected chi connectivity index (χ1v) is 8.71. The number of para-hydroxylation sites is 1. The summed E-state index contributed by atoms with van der Waals surface area (Å²) in [7, 11) is 0. The number of carbonyl (C=O) groups excluding carboxylic acids is 1. The van der Waals surface area contributed by atoms with E-state index in [-0.39, 0.29) is 24.2 Å². The van der Waals surface area contributed by atoms with Gasteiger partial charge in [-0.3, -0.25) is 9.36 Å². The molecule has 0 radical (unpaired) electrons. The monoisotopic (exact) mass is 339 g/mol. The van der Waals surface area contributed by atoms with E-state index in [0.29, 0.717) is 18.4 Å². The second-order valence-corrected chi connectivity index (χ2v) is 6.80. The van der Waals surface area contributed by atoms with E-state index in [1.54, 1.807) is 12.3 Å². The molecule has 1 aromatic heterocycles. The molecule has 6 heteroatoms. The van der Waals surface area contributed by atoms with E-state index in [4.69, 9.17) is 4.74 Å². The molecular weight excluding hydrogens is 318 g/mol. The highest BCUT2D eigenvalue weighted by Gasteiger charge is 2.45. The number of hydrogen-bond donors (Lipinski definition) is 0. The number of benzene rings is 1. The van der Waals surface area contributed by atoms with Crippen molar-refractivity contribution in [2.45, 2.75) is 25.5 Å². The molecule has 1 aliphatic carbocycles. The Bertz CT molecular complexity index is 805. The molecule has 1 saturated carbocycles. The number of ether oxygens (including phenoxy) is 1. The van der Waals surface area contributed by atoms with Crippen molar-refractivity contribution in [2.24, 2.45) is 11.8 Å². The highest BCUT2D eigenvalue weighted by molar-refractivity contribution is 5.76. The summed E-state index contributed by atoms with van der Waals surface area (Å²) >= 11 is 0. The second kappa shape index (κ2) is 6.70. The zero-order valence-corrected chi connectivity index (χ0v) is 14.0. The van der Waals surface area contributed by atoms with Gasteiger partial charge in [0.2, 0.25) is 5.91 Å². The van der Waals surface area contributed by atoms with Gasteiger partial charge in [0.25, 0.3) is 0 Å². The van der Waals surface area contributed by atoms with Crippen LogP contribution in [-0.4, -0.2) is 39.6 Å². The zero-order chi connectivity index (χ0) is 17.2. The molecule has 0 unspecified atom stereocenters. The second-order valence-electron chi connectivity index (χ2n) is 6.80. The topological polar surface area (TPSA) is 64.4 Å². The van der Waals surface area contributed by atoms with E-state index in [2.05, 4.69) is 4.98 Å². The van der Waals surface area contributed by atoms with E-state index >= 15 is 0 Å². The molecule has 130 valence electrons. The molecule has 1 aromatic carbocycles. The molecule has 4 rings (SSSR count). The van der Waals surface area contributed by atoms with Crippen LogP contribution in [0.25, 0.3) is 0 Å². The SMILES string of the molecule is O=C(Cn1cccnc1=O)N1C[C@@H]2CC[C@H](Oc3ccccc3)[C@@H]2C1. The largest absolute Gasteiger partial charge is 0.490 e. The number of nitrogens with zero attached hydrogens (tertiary/aromatic N) is 3. The Kier molecular flexibility index (Phi) is 4.26. The minimum absolute atomic E-state index is 0.0250. The smallest absolute Gasteiger partial charge is 0.347 e. The van der Waals surface area contributed by atoms with Crippen molar-refractivity contribution in [1.82, 2.24) is 14.5 Å². The van der Waals surface area contributed by atoms with E-state index < -0.39 is 0 Å². The molecule has 2 aromatic rings. The molecular formula is C19H21N3O3. The molecule has 1 aliphatic heterocycles. The van der Waals surface area contributed by atoms with Crippen molar-refractivity contribution >= 4 is 5.91 Å². The number of rotatable bonds is 4. The van der Waals surface area contributed by atoms with Gasteiger partial charge in [0.15, 0.2) is 0 Å². The molecule has 1 saturated heterocycles. The van der Waals surface area contributed by atoms with Crippen LogP contribution in [0, 0.1) is 11.8 Å². The number of amides is 1. The summed E-state index contributed by atoms with van der Waals surface area (Å²) < 4.78 is 7.51. The quantitative estimate of drug-likeness (QED) is 0.848. The number of fused-ring (bicyclic) bond motifs is 1. The third-order valence-electron chi connectivity index (χ3n) is 5.26. The van der Waals surface area contributed by atoms with Gasteiger partial charge in [-0.2, -0.15) is 0 Å². The fourth-order valence-electron chi connectivity index (χ4n) is 3.99. The van der Waals surface area contributed by atoms with Gasteiger partial charge in [0, 0.05) is 31.4 Å². The predicted octanol–water partition coefficient (Wildman–Crippen LogP) is 1.56. The van der Waals surface area contributed by atoms with Crippen molar-refractivity contribution < 1.29 is 9.53 Å². The number of hydrogen-bond acceptors (Lipinski definition) is 4. The van der Waals surface area contributed by atoms with Gasteiger partial charge >= 0.3 is 5.69 Å². The van der Waals surface area contributed by atoms with E-state index in [1.807, 2.05) is 35.2 Å². The first-order chi connectivity index (χ1) is 12.2. The van der Waals surface area contributed by atoms with Crippen molar-refractivity contribution in [1.29, 1.82) is 0 Å². The molecule has 25 heavy (non-hydrogen) atoms. The molecule has 0 spiro atoms. The first-order valence-electron chi connectivity index (χ1n) is 8.71. The van der Waals surface area contributed by atoms with E-state index in [0.717, 1.165) is 25.1 Å². The Morgan fingerprint density at radius 2 is 2.00 bits per heavy atom.